The van der Waals surface area contributed by atoms with Gasteiger partial charge < -0.3 is 37.6 Å². The van der Waals surface area contributed by atoms with E-state index in [0.29, 0.717) is 50.7 Å². The number of nitrogens with two attached hydrogens (primary N) is 1. The first-order valence-electron chi connectivity index (χ1n) is 13.7. The van der Waals surface area contributed by atoms with Gasteiger partial charge in [0.2, 0.25) is 0 Å². The standard InChI is InChI=1S/C26H52N8O4/c1-18(2)10-7-11-21(28-4)23(36)16-34-22(13-9-14-31-25(27)38)24(37)17-33-20(19(3)35)12-8-15-32-26(29-5)30-6/h18,20-22,28,33-34H,7-17H2,1-6H3,(H3,27,31,38)(H2,29,30,32)/t20-,21-,22-/m0/s1. The van der Waals surface area contributed by atoms with E-state index >= 15 is 0 Å². The zero-order chi connectivity index (χ0) is 28.9. The van der Waals surface area contributed by atoms with Crippen LogP contribution in [0.1, 0.15) is 65.7 Å². The molecule has 12 heteroatoms. The number of hydrogen-bond donors (Lipinski definition) is 7. The highest BCUT2D eigenvalue weighted by Crippen LogP contribution is 2.09. The van der Waals surface area contributed by atoms with Gasteiger partial charge in [0.1, 0.15) is 5.78 Å². The molecule has 0 aliphatic carbocycles. The van der Waals surface area contributed by atoms with Gasteiger partial charge in [-0.25, -0.2) is 4.79 Å². The molecule has 0 aliphatic heterocycles. The Balaban J connectivity index is 4.97. The van der Waals surface area contributed by atoms with Gasteiger partial charge in [-0.05, 0) is 52.0 Å². The molecule has 0 aromatic rings. The van der Waals surface area contributed by atoms with Gasteiger partial charge in [0, 0.05) is 27.2 Å². The average Bonchev–Trinajstić information content (AvgIpc) is 2.86. The van der Waals surface area contributed by atoms with E-state index in [0.717, 1.165) is 19.3 Å². The van der Waals surface area contributed by atoms with Gasteiger partial charge in [0.15, 0.2) is 17.5 Å². The van der Waals surface area contributed by atoms with Crippen molar-refractivity contribution in [3.05, 3.63) is 0 Å². The molecule has 0 heterocycles. The minimum Gasteiger partial charge on any atom is -0.359 e. The molecule has 2 amide bonds. The fraction of sp³-hybridized carbons (Fsp3) is 0.808. The van der Waals surface area contributed by atoms with Crippen molar-refractivity contribution >= 4 is 29.3 Å². The number of amides is 2. The lowest BCUT2D eigenvalue weighted by molar-refractivity contribution is -0.122. The van der Waals surface area contributed by atoms with Gasteiger partial charge in [-0.15, -0.1) is 0 Å². The van der Waals surface area contributed by atoms with Crippen LogP contribution in [-0.4, -0.2) is 94.8 Å². The van der Waals surface area contributed by atoms with Crippen LogP contribution in [0.3, 0.4) is 0 Å². The van der Waals surface area contributed by atoms with Crippen molar-refractivity contribution in [2.24, 2.45) is 16.6 Å². The van der Waals surface area contributed by atoms with E-state index in [1.807, 2.05) is 0 Å². The highest BCUT2D eigenvalue weighted by molar-refractivity contribution is 5.89. The molecule has 0 radical (unpaired) electrons. The van der Waals surface area contributed by atoms with Gasteiger partial charge in [-0.3, -0.25) is 19.4 Å². The van der Waals surface area contributed by atoms with Crippen molar-refractivity contribution in [1.29, 1.82) is 0 Å². The number of hydrogen-bond acceptors (Lipinski definition) is 8. The molecule has 0 aliphatic rings. The zero-order valence-corrected chi connectivity index (χ0v) is 24.2. The maximum Gasteiger partial charge on any atom is 0.312 e. The van der Waals surface area contributed by atoms with Crippen LogP contribution >= 0.6 is 0 Å². The molecule has 38 heavy (non-hydrogen) atoms. The monoisotopic (exact) mass is 540 g/mol. The number of ketones is 3. The summed E-state index contributed by atoms with van der Waals surface area (Å²) in [5, 5.41) is 17.9. The van der Waals surface area contributed by atoms with E-state index in [1.165, 1.54) is 6.92 Å². The Bertz CT molecular complexity index is 745. The molecule has 3 atom stereocenters. The van der Waals surface area contributed by atoms with E-state index < -0.39 is 18.1 Å². The van der Waals surface area contributed by atoms with Gasteiger partial charge in [0.25, 0.3) is 0 Å². The Labute approximate surface area is 228 Å². The molecule has 0 bridgehead atoms. The highest BCUT2D eigenvalue weighted by Gasteiger charge is 2.23. The summed E-state index contributed by atoms with van der Waals surface area (Å²) in [6, 6.07) is -1.95. The molecule has 220 valence electrons. The summed E-state index contributed by atoms with van der Waals surface area (Å²) in [6.07, 6.45) is 4.95. The Morgan fingerprint density at radius 1 is 0.763 bits per heavy atom. The van der Waals surface area contributed by atoms with Crippen LogP contribution in [0.2, 0.25) is 0 Å². The number of carbonyl (C=O) groups excluding carboxylic acids is 4. The molecule has 8 N–H and O–H groups in total. The fourth-order valence-electron chi connectivity index (χ4n) is 4.03. The fourth-order valence-corrected chi connectivity index (χ4v) is 4.03. The second kappa shape index (κ2) is 21.4. The van der Waals surface area contributed by atoms with Crippen LogP contribution in [-0.2, 0) is 14.4 Å². The van der Waals surface area contributed by atoms with Crippen molar-refractivity contribution in [3.63, 3.8) is 0 Å². The molecule has 0 aromatic heterocycles. The number of Topliss-reactive ketones (excluding diaryl/α,β-unsaturated/α-hetero) is 3. The molecule has 0 saturated heterocycles. The lowest BCUT2D eigenvalue weighted by atomic mass is 10.00. The van der Waals surface area contributed by atoms with E-state index in [1.54, 1.807) is 21.1 Å². The lowest BCUT2D eigenvalue weighted by Gasteiger charge is -2.22. The maximum absolute atomic E-state index is 13.1. The Kier molecular flexibility index (Phi) is 19.9. The summed E-state index contributed by atoms with van der Waals surface area (Å²) in [4.78, 5) is 53.0. The Morgan fingerprint density at radius 3 is 1.79 bits per heavy atom. The lowest BCUT2D eigenvalue weighted by Crippen LogP contribution is -2.49. The van der Waals surface area contributed by atoms with E-state index in [2.05, 4.69) is 50.7 Å². The first-order chi connectivity index (χ1) is 18.0. The molecular weight excluding hydrogens is 488 g/mol. The minimum absolute atomic E-state index is 0.00273. The zero-order valence-electron chi connectivity index (χ0n) is 24.2. The normalized spacial score (nSPS) is 14.0. The summed E-state index contributed by atoms with van der Waals surface area (Å²) >= 11 is 0. The molecular formula is C26H52N8O4. The van der Waals surface area contributed by atoms with Crippen LogP contribution in [0.15, 0.2) is 4.99 Å². The van der Waals surface area contributed by atoms with Crippen molar-refractivity contribution in [3.8, 4) is 0 Å². The SMILES string of the molecule is C/N=C(/NC)NCCC[C@H](NCC(=O)[C@H](CCCNC(N)=O)NCC(=O)[C@H](CCCC(C)C)NC)C(C)=O. The summed E-state index contributed by atoms with van der Waals surface area (Å²) in [5.41, 5.74) is 5.13. The van der Waals surface area contributed by atoms with Crippen molar-refractivity contribution in [2.45, 2.75) is 83.8 Å². The predicted octanol–water partition coefficient (Wildman–Crippen LogP) is 0.0678. The van der Waals surface area contributed by atoms with Gasteiger partial charge in [0.05, 0.1) is 31.2 Å². The van der Waals surface area contributed by atoms with Crippen molar-refractivity contribution < 1.29 is 19.2 Å². The Hall–Kier alpha value is -2.57. The molecule has 0 spiro atoms. The highest BCUT2D eigenvalue weighted by atomic mass is 16.2. The van der Waals surface area contributed by atoms with Crippen LogP contribution in [0.4, 0.5) is 4.79 Å². The third-order valence-corrected chi connectivity index (χ3v) is 6.33. The number of carbonyl (C=O) groups is 4. The number of primary amides is 1. The molecule has 12 nitrogen and oxygen atoms in total. The molecule has 0 saturated carbocycles. The largest absolute Gasteiger partial charge is 0.359 e. The number of aliphatic imine (C=N–C) groups is 1. The predicted molar refractivity (Wildman–Crippen MR) is 152 cm³/mol. The Morgan fingerprint density at radius 2 is 1.29 bits per heavy atom. The van der Waals surface area contributed by atoms with E-state index in [9.17, 15) is 19.2 Å². The second-order valence-corrected chi connectivity index (χ2v) is 9.90. The van der Waals surface area contributed by atoms with Crippen LogP contribution in [0.5, 0.6) is 0 Å². The summed E-state index contributed by atoms with van der Waals surface area (Å²) < 4.78 is 0. The number of nitrogens with zero attached hydrogens (tertiary/aromatic N) is 1. The first-order valence-corrected chi connectivity index (χ1v) is 13.7. The maximum atomic E-state index is 13.1. The number of urea groups is 1. The summed E-state index contributed by atoms with van der Waals surface area (Å²) in [7, 11) is 5.22. The number of nitrogens with one attached hydrogen (secondary N) is 6. The van der Waals surface area contributed by atoms with Gasteiger partial charge in [-0.1, -0.05) is 26.7 Å². The molecule has 0 fully saturated rings. The van der Waals surface area contributed by atoms with Crippen molar-refractivity contribution in [2.75, 3.05) is 47.3 Å². The van der Waals surface area contributed by atoms with Crippen LogP contribution in [0.25, 0.3) is 0 Å². The second-order valence-electron chi connectivity index (χ2n) is 9.90. The quantitative estimate of drug-likeness (QED) is 0.0568. The van der Waals surface area contributed by atoms with Crippen LogP contribution < -0.4 is 37.6 Å². The number of guanidine groups is 1. The molecule has 0 rings (SSSR count). The van der Waals surface area contributed by atoms with E-state index in [-0.39, 0.29) is 36.5 Å². The smallest absolute Gasteiger partial charge is 0.312 e. The van der Waals surface area contributed by atoms with Gasteiger partial charge >= 0.3 is 6.03 Å². The topological polar surface area (TPSA) is 179 Å². The van der Waals surface area contributed by atoms with Crippen molar-refractivity contribution in [1.82, 2.24) is 31.9 Å². The average molecular weight is 541 g/mol. The summed E-state index contributed by atoms with van der Waals surface area (Å²) in [5.74, 6) is 1.07. The third kappa shape index (κ3) is 17.0. The van der Waals surface area contributed by atoms with E-state index in [4.69, 9.17) is 5.73 Å². The number of likely N-dealkylation sites (N-methyl/N-ethyl adjacent to an activating group) is 1. The molecule has 0 aromatic carbocycles. The number of rotatable bonds is 22. The minimum atomic E-state index is -0.623. The molecule has 0 unspecified atom stereocenters. The summed E-state index contributed by atoms with van der Waals surface area (Å²) in [6.45, 7) is 6.83. The van der Waals surface area contributed by atoms with Crippen LogP contribution in [0, 0.1) is 5.92 Å². The third-order valence-electron chi connectivity index (χ3n) is 6.33. The first kappa shape index (κ1) is 35.4. The van der Waals surface area contributed by atoms with Gasteiger partial charge in [-0.2, -0.15) is 0 Å².